The second-order valence-electron chi connectivity index (χ2n) is 22.9. The van der Waals surface area contributed by atoms with Crippen LogP contribution in [0, 0.1) is 0 Å². The Hall–Kier alpha value is -1.78. The molecule has 3 saturated heterocycles. The highest BCUT2D eigenvalue weighted by atomic mass is 16.8. The first-order chi connectivity index (χ1) is 38.5. The SMILES string of the molecule is CCCCCCCCCCCCCCCCCCCC[C@@H](O)C(=O)N[C@@H](CO[C@H]1O[C@H](CO[C@@H]2O[C@H](CO)[C@H](O)[C@H](O)[C@H]2NC(C)=O)[C@H](O)[C@H](O)[C@H]1O[C@H]1O[C@H](CO)[C@H](O)[C@H](O)[C@H]1O)[C@H](O)[C@H](O)CCCCCCCCCCCC. The van der Waals surface area contributed by atoms with Crippen LogP contribution >= 0.6 is 0 Å². The summed E-state index contributed by atoms with van der Waals surface area (Å²) in [5.41, 5.74) is 0. The lowest BCUT2D eigenvalue weighted by Crippen LogP contribution is -2.66. The van der Waals surface area contributed by atoms with E-state index in [1.54, 1.807) is 0 Å². The standard InChI is InChI=1S/C58H110N2O20/c1-4-6-8-10-12-14-16-17-18-19-20-21-22-23-25-27-29-31-33-41(65)55(74)60-39(46(66)40(64)32-30-28-26-24-15-13-11-9-7-5-2)36-75-58-54(80-57-53(73)51(71)48(68)43(35-62)78-57)52(72)49(69)44(79-58)37-76-56-45(59-38(3)63)50(70)47(67)42(34-61)77-56/h39-54,56-58,61-62,64-73H,4-37H2,1-3H3,(H,59,63)(H,60,74)/t39-,40+,41+,42+,43+,44+,45+,46-,47-,48-,49-,50+,51-,52-,53+,54+,56+,57+,58-/m0/s1. The third kappa shape index (κ3) is 26.2. The molecule has 3 aliphatic heterocycles. The number of aliphatic hydroxyl groups is 12. The van der Waals surface area contributed by atoms with Crippen molar-refractivity contribution in [3.05, 3.63) is 0 Å². The molecule has 0 aliphatic carbocycles. The highest BCUT2D eigenvalue weighted by molar-refractivity contribution is 5.80. The lowest BCUT2D eigenvalue weighted by atomic mass is 9.96. The van der Waals surface area contributed by atoms with Gasteiger partial charge in [0, 0.05) is 6.92 Å². The number of ether oxygens (including phenoxy) is 6. The first-order valence-electron chi connectivity index (χ1n) is 31.0. The Morgan fingerprint density at radius 1 is 0.475 bits per heavy atom. The normalized spacial score (nSPS) is 30.7. The van der Waals surface area contributed by atoms with Gasteiger partial charge in [-0.1, -0.05) is 194 Å². The Labute approximate surface area is 476 Å². The van der Waals surface area contributed by atoms with Gasteiger partial charge in [-0.05, 0) is 12.8 Å². The molecule has 14 N–H and O–H groups in total. The van der Waals surface area contributed by atoms with Gasteiger partial charge in [-0.2, -0.15) is 0 Å². The summed E-state index contributed by atoms with van der Waals surface area (Å²) in [5.74, 6) is -1.48. The summed E-state index contributed by atoms with van der Waals surface area (Å²) in [4.78, 5) is 25.8. The number of hydrogen-bond donors (Lipinski definition) is 14. The molecule has 3 aliphatic rings. The maximum absolute atomic E-state index is 13.7. The first kappa shape index (κ1) is 72.5. The van der Waals surface area contributed by atoms with Gasteiger partial charge in [0.1, 0.15) is 85.4 Å². The predicted molar refractivity (Wildman–Crippen MR) is 296 cm³/mol. The van der Waals surface area contributed by atoms with Crippen LogP contribution in [0.3, 0.4) is 0 Å². The average Bonchev–Trinajstić information content (AvgIpc) is 3.54. The molecule has 3 rings (SSSR count). The van der Waals surface area contributed by atoms with E-state index in [1.165, 1.54) is 109 Å². The van der Waals surface area contributed by atoms with Crippen LogP contribution in [0.2, 0.25) is 0 Å². The van der Waals surface area contributed by atoms with Crippen molar-refractivity contribution in [1.82, 2.24) is 10.6 Å². The molecule has 19 atom stereocenters. The van der Waals surface area contributed by atoms with Crippen LogP contribution in [0.1, 0.15) is 213 Å². The van der Waals surface area contributed by atoms with Crippen LogP contribution in [0.15, 0.2) is 0 Å². The third-order valence-electron chi connectivity index (χ3n) is 16.0. The first-order valence-corrected chi connectivity index (χ1v) is 31.0. The van der Waals surface area contributed by atoms with Crippen molar-refractivity contribution < 1.29 is 99.3 Å². The average molecular weight is 1160 g/mol. The summed E-state index contributed by atoms with van der Waals surface area (Å²) in [6.07, 6.45) is 3.18. The molecule has 3 fully saturated rings. The van der Waals surface area contributed by atoms with Crippen molar-refractivity contribution >= 4 is 11.8 Å². The molecule has 0 aromatic rings. The molecule has 0 radical (unpaired) electrons. The highest BCUT2D eigenvalue weighted by Gasteiger charge is 2.52. The molecular weight excluding hydrogens is 1040 g/mol. The van der Waals surface area contributed by atoms with E-state index in [4.69, 9.17) is 28.4 Å². The zero-order valence-electron chi connectivity index (χ0n) is 48.6. The number of carbonyl (C=O) groups is 2. The van der Waals surface area contributed by atoms with Crippen LogP contribution in [-0.4, -0.2) is 216 Å². The highest BCUT2D eigenvalue weighted by Crippen LogP contribution is 2.32. The molecule has 0 saturated carbocycles. The van der Waals surface area contributed by atoms with Crippen molar-refractivity contribution in [2.45, 2.75) is 330 Å². The van der Waals surface area contributed by atoms with E-state index in [0.29, 0.717) is 12.8 Å². The summed E-state index contributed by atoms with van der Waals surface area (Å²) < 4.78 is 35.2. The van der Waals surface area contributed by atoms with E-state index in [0.717, 1.165) is 64.7 Å². The molecular formula is C58H110N2O20. The molecule has 0 bridgehead atoms. The van der Waals surface area contributed by atoms with Gasteiger partial charge < -0.3 is 100 Å². The summed E-state index contributed by atoms with van der Waals surface area (Å²) >= 11 is 0. The van der Waals surface area contributed by atoms with E-state index in [9.17, 15) is 70.9 Å². The smallest absolute Gasteiger partial charge is 0.249 e. The van der Waals surface area contributed by atoms with Gasteiger partial charge in [0.05, 0.1) is 38.6 Å². The second-order valence-corrected chi connectivity index (χ2v) is 22.9. The van der Waals surface area contributed by atoms with Crippen LogP contribution < -0.4 is 10.6 Å². The molecule has 22 heteroatoms. The quantitative estimate of drug-likeness (QED) is 0.0390. The summed E-state index contributed by atoms with van der Waals surface area (Å²) in [7, 11) is 0. The van der Waals surface area contributed by atoms with E-state index >= 15 is 0 Å². The van der Waals surface area contributed by atoms with Crippen LogP contribution in [0.25, 0.3) is 0 Å². The second kappa shape index (κ2) is 42.1. The van der Waals surface area contributed by atoms with E-state index in [1.807, 2.05) is 0 Å². The molecule has 2 amide bonds. The minimum atomic E-state index is -2.01. The van der Waals surface area contributed by atoms with E-state index in [-0.39, 0.29) is 12.8 Å². The number of rotatable bonds is 45. The van der Waals surface area contributed by atoms with Gasteiger partial charge in [-0.15, -0.1) is 0 Å². The summed E-state index contributed by atoms with van der Waals surface area (Å²) in [5, 5.41) is 135. The molecule has 0 unspecified atom stereocenters. The van der Waals surface area contributed by atoms with Crippen molar-refractivity contribution in [2.24, 2.45) is 0 Å². The fourth-order valence-corrected chi connectivity index (χ4v) is 10.8. The Morgan fingerprint density at radius 3 is 1.35 bits per heavy atom. The maximum atomic E-state index is 13.7. The van der Waals surface area contributed by atoms with Gasteiger partial charge in [-0.25, -0.2) is 0 Å². The number of unbranched alkanes of at least 4 members (excludes halogenated alkanes) is 26. The van der Waals surface area contributed by atoms with Crippen molar-refractivity contribution in [2.75, 3.05) is 26.4 Å². The monoisotopic (exact) mass is 1150 g/mol. The third-order valence-corrected chi connectivity index (χ3v) is 16.0. The van der Waals surface area contributed by atoms with Gasteiger partial charge in [0.2, 0.25) is 11.8 Å². The Morgan fingerprint density at radius 2 is 0.887 bits per heavy atom. The zero-order valence-corrected chi connectivity index (χ0v) is 48.6. The minimum Gasteiger partial charge on any atom is -0.394 e. The van der Waals surface area contributed by atoms with Gasteiger partial charge in [0.15, 0.2) is 18.9 Å². The lowest BCUT2D eigenvalue weighted by molar-refractivity contribution is -0.371. The minimum absolute atomic E-state index is 0.129. The largest absolute Gasteiger partial charge is 0.394 e. The van der Waals surface area contributed by atoms with Crippen molar-refractivity contribution in [3.8, 4) is 0 Å². The predicted octanol–water partition coefficient (Wildman–Crippen LogP) is 2.91. The number of nitrogens with one attached hydrogen (secondary N) is 2. The Balaban J connectivity index is 1.70. The maximum Gasteiger partial charge on any atom is 0.249 e. The van der Waals surface area contributed by atoms with Crippen LogP contribution in [-0.2, 0) is 38.0 Å². The van der Waals surface area contributed by atoms with E-state index < -0.39 is 155 Å². The van der Waals surface area contributed by atoms with Gasteiger partial charge in [0.25, 0.3) is 0 Å². The molecule has 0 spiro atoms. The Bertz CT molecular complexity index is 1580. The lowest BCUT2D eigenvalue weighted by Gasteiger charge is -2.47. The molecule has 0 aromatic carbocycles. The summed E-state index contributed by atoms with van der Waals surface area (Å²) in [6.45, 7) is 2.62. The van der Waals surface area contributed by atoms with Gasteiger partial charge >= 0.3 is 0 Å². The fraction of sp³-hybridized carbons (Fsp3) is 0.966. The van der Waals surface area contributed by atoms with Crippen molar-refractivity contribution in [3.63, 3.8) is 0 Å². The molecule has 80 heavy (non-hydrogen) atoms. The van der Waals surface area contributed by atoms with Crippen molar-refractivity contribution in [1.29, 1.82) is 0 Å². The summed E-state index contributed by atoms with van der Waals surface area (Å²) in [6, 6.07) is -2.82. The molecule has 22 nitrogen and oxygen atoms in total. The number of aliphatic hydroxyl groups excluding tert-OH is 12. The van der Waals surface area contributed by atoms with Crippen LogP contribution in [0.4, 0.5) is 0 Å². The number of carbonyl (C=O) groups excluding carboxylic acids is 2. The Kier molecular flexibility index (Phi) is 38.1. The van der Waals surface area contributed by atoms with Gasteiger partial charge in [-0.3, -0.25) is 9.59 Å². The number of hydrogen-bond acceptors (Lipinski definition) is 20. The fourth-order valence-electron chi connectivity index (χ4n) is 10.8. The van der Waals surface area contributed by atoms with Crippen LogP contribution in [0.5, 0.6) is 0 Å². The molecule has 3 heterocycles. The zero-order chi connectivity index (χ0) is 58.8. The number of amides is 2. The molecule has 472 valence electrons. The van der Waals surface area contributed by atoms with E-state index in [2.05, 4.69) is 24.5 Å². The topological polar surface area (TPSA) is 356 Å². The molecule has 0 aromatic heterocycles.